The van der Waals surface area contributed by atoms with Gasteiger partial charge in [0.05, 0.1) is 12.5 Å². The molecule has 20 heavy (non-hydrogen) atoms. The normalized spacial score (nSPS) is 19.6. The van der Waals surface area contributed by atoms with Crippen LogP contribution in [0.5, 0.6) is 5.75 Å². The topological polar surface area (TPSA) is 96.9 Å². The van der Waals surface area contributed by atoms with Crippen molar-refractivity contribution < 1.29 is 14.7 Å². The summed E-state index contributed by atoms with van der Waals surface area (Å²) < 4.78 is 5.54. The van der Waals surface area contributed by atoms with Crippen LogP contribution in [0.4, 0.5) is 0 Å². The van der Waals surface area contributed by atoms with Gasteiger partial charge in [0.2, 0.25) is 5.91 Å². The molecule has 1 amide bonds. The summed E-state index contributed by atoms with van der Waals surface area (Å²) >= 11 is 0. The molecule has 0 fully saturated rings. The first kappa shape index (κ1) is 14.2. The number of carbonyl (C=O) groups is 1. The fourth-order valence-corrected chi connectivity index (χ4v) is 2.36. The summed E-state index contributed by atoms with van der Waals surface area (Å²) in [6.07, 6.45) is 0.965. The van der Waals surface area contributed by atoms with Crippen molar-refractivity contribution in [2.45, 2.75) is 31.7 Å². The number of para-hydroxylation sites is 1. The van der Waals surface area contributed by atoms with Gasteiger partial charge in [0, 0.05) is 18.0 Å². The van der Waals surface area contributed by atoms with Crippen molar-refractivity contribution in [3.05, 3.63) is 29.8 Å². The SMILES string of the molecule is CC(CC(N)=NO)NC(=O)C1CCOc2ccccc21. The van der Waals surface area contributed by atoms with Gasteiger partial charge in [0.1, 0.15) is 11.6 Å². The van der Waals surface area contributed by atoms with Gasteiger partial charge in [0.25, 0.3) is 0 Å². The molecule has 1 aromatic carbocycles. The molecule has 6 heteroatoms. The van der Waals surface area contributed by atoms with Crippen molar-refractivity contribution >= 4 is 11.7 Å². The Hall–Kier alpha value is -2.24. The lowest BCUT2D eigenvalue weighted by Gasteiger charge is -2.26. The predicted octanol–water partition coefficient (Wildman–Crippen LogP) is 1.19. The second-order valence-corrected chi connectivity index (χ2v) is 4.93. The number of nitrogens with two attached hydrogens (primary N) is 1. The van der Waals surface area contributed by atoms with E-state index in [0.717, 1.165) is 11.3 Å². The highest BCUT2D eigenvalue weighted by Crippen LogP contribution is 2.33. The van der Waals surface area contributed by atoms with E-state index in [2.05, 4.69) is 10.5 Å². The highest BCUT2D eigenvalue weighted by molar-refractivity contribution is 5.86. The minimum Gasteiger partial charge on any atom is -0.493 e. The van der Waals surface area contributed by atoms with E-state index in [9.17, 15) is 4.79 Å². The standard InChI is InChI=1S/C14H19N3O3/c1-9(8-13(15)17-19)16-14(18)11-6-7-20-12-5-3-2-4-10(11)12/h2-5,9,11,19H,6-8H2,1H3,(H2,15,17)(H,16,18). The van der Waals surface area contributed by atoms with Gasteiger partial charge in [-0.25, -0.2) is 0 Å². The molecule has 0 saturated carbocycles. The Morgan fingerprint density at radius 1 is 1.60 bits per heavy atom. The van der Waals surface area contributed by atoms with E-state index < -0.39 is 0 Å². The number of hydrogen-bond donors (Lipinski definition) is 3. The van der Waals surface area contributed by atoms with E-state index in [4.69, 9.17) is 15.7 Å². The lowest BCUT2D eigenvalue weighted by Crippen LogP contribution is -2.39. The molecule has 2 rings (SSSR count). The number of amides is 1. The molecule has 0 aromatic heterocycles. The molecule has 0 aliphatic carbocycles. The number of nitrogens with one attached hydrogen (secondary N) is 1. The first-order chi connectivity index (χ1) is 9.61. The van der Waals surface area contributed by atoms with Crippen molar-refractivity contribution in [2.24, 2.45) is 10.9 Å². The van der Waals surface area contributed by atoms with E-state index in [1.54, 1.807) is 0 Å². The van der Waals surface area contributed by atoms with Gasteiger partial charge in [-0.1, -0.05) is 23.4 Å². The molecule has 108 valence electrons. The van der Waals surface area contributed by atoms with E-state index >= 15 is 0 Å². The molecule has 6 nitrogen and oxygen atoms in total. The molecular weight excluding hydrogens is 258 g/mol. The second kappa shape index (κ2) is 6.27. The summed E-state index contributed by atoms with van der Waals surface area (Å²) in [5.41, 5.74) is 6.34. The monoisotopic (exact) mass is 277 g/mol. The Morgan fingerprint density at radius 3 is 3.10 bits per heavy atom. The maximum absolute atomic E-state index is 12.3. The fourth-order valence-electron chi connectivity index (χ4n) is 2.36. The van der Waals surface area contributed by atoms with Crippen LogP contribution in [0.15, 0.2) is 29.4 Å². The second-order valence-electron chi connectivity index (χ2n) is 4.93. The van der Waals surface area contributed by atoms with Crippen molar-refractivity contribution in [3.63, 3.8) is 0 Å². The third-order valence-electron chi connectivity index (χ3n) is 3.31. The maximum atomic E-state index is 12.3. The summed E-state index contributed by atoms with van der Waals surface area (Å²) in [5.74, 6) is 0.599. The van der Waals surface area contributed by atoms with Crippen LogP contribution in [0.3, 0.4) is 0 Å². The molecular formula is C14H19N3O3. The first-order valence-corrected chi connectivity index (χ1v) is 6.60. The zero-order chi connectivity index (χ0) is 14.5. The molecule has 0 bridgehead atoms. The van der Waals surface area contributed by atoms with Crippen LogP contribution < -0.4 is 15.8 Å². The number of carbonyl (C=O) groups excluding carboxylic acids is 1. The van der Waals surface area contributed by atoms with Gasteiger partial charge >= 0.3 is 0 Å². The van der Waals surface area contributed by atoms with Crippen molar-refractivity contribution in [1.29, 1.82) is 0 Å². The number of nitrogens with zero attached hydrogens (tertiary/aromatic N) is 1. The molecule has 1 aliphatic rings. The highest BCUT2D eigenvalue weighted by atomic mass is 16.5. The number of oxime groups is 1. The molecule has 1 heterocycles. The summed E-state index contributed by atoms with van der Waals surface area (Å²) in [7, 11) is 0. The van der Waals surface area contributed by atoms with Gasteiger partial charge < -0.3 is 21.0 Å². The molecule has 4 N–H and O–H groups in total. The summed E-state index contributed by atoms with van der Waals surface area (Å²) in [6, 6.07) is 7.38. The molecule has 1 aliphatic heterocycles. The number of benzene rings is 1. The summed E-state index contributed by atoms with van der Waals surface area (Å²) in [4.78, 5) is 12.3. The first-order valence-electron chi connectivity index (χ1n) is 6.60. The number of amidine groups is 1. The Kier molecular flexibility index (Phi) is 4.45. The smallest absolute Gasteiger partial charge is 0.228 e. The molecule has 0 saturated heterocycles. The van der Waals surface area contributed by atoms with E-state index in [-0.39, 0.29) is 23.7 Å². The van der Waals surface area contributed by atoms with Crippen LogP contribution in [0.25, 0.3) is 0 Å². The minimum atomic E-state index is -0.213. The van der Waals surface area contributed by atoms with Gasteiger partial charge in [-0.3, -0.25) is 4.79 Å². The van der Waals surface area contributed by atoms with Crippen molar-refractivity contribution in [2.75, 3.05) is 6.61 Å². The molecule has 0 spiro atoms. The minimum absolute atomic E-state index is 0.0565. The molecule has 2 atom stereocenters. The number of rotatable bonds is 4. The van der Waals surface area contributed by atoms with Gasteiger partial charge in [0.15, 0.2) is 0 Å². The van der Waals surface area contributed by atoms with Crippen molar-refractivity contribution in [3.8, 4) is 5.75 Å². The van der Waals surface area contributed by atoms with E-state index in [0.29, 0.717) is 19.4 Å². The lowest BCUT2D eigenvalue weighted by molar-refractivity contribution is -0.123. The number of ether oxygens (including phenoxy) is 1. The highest BCUT2D eigenvalue weighted by Gasteiger charge is 2.28. The van der Waals surface area contributed by atoms with Crippen LogP contribution in [0, 0.1) is 0 Å². The summed E-state index contributed by atoms with van der Waals surface area (Å²) in [6.45, 7) is 2.35. The Labute approximate surface area is 117 Å². The maximum Gasteiger partial charge on any atom is 0.228 e. The van der Waals surface area contributed by atoms with Crippen LogP contribution >= 0.6 is 0 Å². The van der Waals surface area contributed by atoms with Crippen LogP contribution in [0.1, 0.15) is 31.2 Å². The number of hydrogen-bond acceptors (Lipinski definition) is 4. The Bertz CT molecular complexity index is 516. The fraction of sp³-hybridized carbons (Fsp3) is 0.429. The average Bonchev–Trinajstić information content (AvgIpc) is 2.46. The van der Waals surface area contributed by atoms with Crippen molar-refractivity contribution in [1.82, 2.24) is 5.32 Å². The average molecular weight is 277 g/mol. The Balaban J connectivity index is 2.04. The quantitative estimate of drug-likeness (QED) is 0.333. The van der Waals surface area contributed by atoms with Crippen LogP contribution in [-0.4, -0.2) is 29.6 Å². The van der Waals surface area contributed by atoms with Gasteiger partial charge in [-0.05, 0) is 19.4 Å². The Morgan fingerprint density at radius 2 is 2.35 bits per heavy atom. The zero-order valence-electron chi connectivity index (χ0n) is 11.4. The lowest BCUT2D eigenvalue weighted by atomic mass is 9.92. The van der Waals surface area contributed by atoms with Crippen LogP contribution in [0.2, 0.25) is 0 Å². The third-order valence-corrected chi connectivity index (χ3v) is 3.31. The zero-order valence-corrected chi connectivity index (χ0v) is 11.4. The molecule has 1 aromatic rings. The number of fused-ring (bicyclic) bond motifs is 1. The van der Waals surface area contributed by atoms with Gasteiger partial charge in [-0.2, -0.15) is 0 Å². The summed E-state index contributed by atoms with van der Waals surface area (Å²) in [5, 5.41) is 14.3. The largest absolute Gasteiger partial charge is 0.493 e. The molecule has 2 unspecified atom stereocenters. The van der Waals surface area contributed by atoms with E-state index in [1.165, 1.54) is 0 Å². The van der Waals surface area contributed by atoms with Gasteiger partial charge in [-0.15, -0.1) is 0 Å². The molecule has 0 radical (unpaired) electrons. The van der Waals surface area contributed by atoms with Crippen LogP contribution in [-0.2, 0) is 4.79 Å². The third kappa shape index (κ3) is 3.20. The van der Waals surface area contributed by atoms with E-state index in [1.807, 2.05) is 31.2 Å². The predicted molar refractivity (Wildman–Crippen MR) is 74.9 cm³/mol.